The summed E-state index contributed by atoms with van der Waals surface area (Å²) in [7, 11) is 6.08. The zero-order valence-electron chi connectivity index (χ0n) is 17.8. The largest absolute Gasteiger partial charge is 0.497 e. The predicted octanol–water partition coefficient (Wildman–Crippen LogP) is 4.38. The third-order valence-electron chi connectivity index (χ3n) is 5.50. The Kier molecular flexibility index (Phi) is 7.35. The van der Waals surface area contributed by atoms with E-state index >= 15 is 0 Å². The average molecular weight is 383 g/mol. The number of nitrogens with zero attached hydrogens (tertiary/aromatic N) is 2. The summed E-state index contributed by atoms with van der Waals surface area (Å²) in [6.07, 6.45) is 2.26. The molecule has 0 saturated heterocycles. The Morgan fingerprint density at radius 3 is 2.54 bits per heavy atom. The minimum absolute atomic E-state index is 0.386. The third-order valence-corrected chi connectivity index (χ3v) is 5.50. The highest BCUT2D eigenvalue weighted by atomic mass is 16.5. The quantitative estimate of drug-likeness (QED) is 0.601. The van der Waals surface area contributed by atoms with Crippen molar-refractivity contribution in [2.24, 2.45) is 0 Å². The fourth-order valence-electron chi connectivity index (χ4n) is 4.05. The number of hydrogen-bond donors (Lipinski definition) is 0. The van der Waals surface area contributed by atoms with E-state index in [1.807, 2.05) is 0 Å². The van der Waals surface area contributed by atoms with Crippen molar-refractivity contribution >= 4 is 0 Å². The molecular formula is C24H34N2O2. The number of hydrogen-bond acceptors (Lipinski definition) is 4. The van der Waals surface area contributed by atoms with E-state index < -0.39 is 0 Å². The van der Waals surface area contributed by atoms with Crippen LogP contribution in [0.1, 0.15) is 42.4 Å². The van der Waals surface area contributed by atoms with Crippen molar-refractivity contribution in [1.29, 1.82) is 0 Å². The molecule has 1 aliphatic heterocycles. The van der Waals surface area contributed by atoms with Gasteiger partial charge in [0.05, 0.1) is 13.7 Å². The van der Waals surface area contributed by atoms with Gasteiger partial charge in [0.15, 0.2) is 0 Å². The number of likely N-dealkylation sites (N-methyl/N-ethyl adjacent to an activating group) is 1. The second-order valence-corrected chi connectivity index (χ2v) is 7.89. The summed E-state index contributed by atoms with van der Waals surface area (Å²) >= 11 is 0. The van der Waals surface area contributed by atoms with Crippen LogP contribution in [0.5, 0.6) is 11.5 Å². The van der Waals surface area contributed by atoms with Gasteiger partial charge in [0.2, 0.25) is 0 Å². The van der Waals surface area contributed by atoms with Gasteiger partial charge in [-0.15, -0.1) is 0 Å². The molecule has 0 aromatic heterocycles. The Morgan fingerprint density at radius 2 is 1.82 bits per heavy atom. The highest BCUT2D eigenvalue weighted by Crippen LogP contribution is 2.35. The van der Waals surface area contributed by atoms with Gasteiger partial charge in [-0.05, 0) is 74.4 Å². The van der Waals surface area contributed by atoms with Crippen LogP contribution in [0.15, 0.2) is 42.5 Å². The van der Waals surface area contributed by atoms with Crippen LogP contribution in [0.2, 0.25) is 0 Å². The maximum atomic E-state index is 6.05. The molecule has 28 heavy (non-hydrogen) atoms. The minimum atomic E-state index is 0.386. The van der Waals surface area contributed by atoms with E-state index in [1.54, 1.807) is 7.11 Å². The molecule has 1 atom stereocenters. The molecular weight excluding hydrogens is 348 g/mol. The molecule has 4 heteroatoms. The van der Waals surface area contributed by atoms with Crippen LogP contribution in [0.3, 0.4) is 0 Å². The highest BCUT2D eigenvalue weighted by molar-refractivity contribution is 5.45. The number of ether oxygens (including phenoxy) is 2. The van der Waals surface area contributed by atoms with E-state index in [9.17, 15) is 0 Å². The van der Waals surface area contributed by atoms with Crippen molar-refractivity contribution in [3.8, 4) is 11.5 Å². The number of benzene rings is 2. The molecule has 0 amide bonds. The molecule has 2 aromatic carbocycles. The van der Waals surface area contributed by atoms with Crippen LogP contribution < -0.4 is 9.47 Å². The van der Waals surface area contributed by atoms with Crippen molar-refractivity contribution in [2.45, 2.75) is 32.2 Å². The minimum Gasteiger partial charge on any atom is -0.497 e. The summed E-state index contributed by atoms with van der Waals surface area (Å²) < 4.78 is 11.4. The molecule has 0 fully saturated rings. The van der Waals surface area contributed by atoms with Gasteiger partial charge in [-0.2, -0.15) is 0 Å². The first-order valence-corrected chi connectivity index (χ1v) is 10.4. The molecule has 0 spiro atoms. The molecule has 0 saturated carbocycles. The SMILES string of the molecule is CCCN(C)CCCOc1ccc2c(c1)CN(C)CC2c1ccc(OC)cc1. The van der Waals surface area contributed by atoms with Gasteiger partial charge in [0.1, 0.15) is 11.5 Å². The predicted molar refractivity (Wildman–Crippen MR) is 116 cm³/mol. The lowest BCUT2D eigenvalue weighted by molar-refractivity contribution is 0.261. The Labute approximate surface area is 170 Å². The molecule has 152 valence electrons. The van der Waals surface area contributed by atoms with Crippen molar-refractivity contribution in [1.82, 2.24) is 9.80 Å². The molecule has 4 nitrogen and oxygen atoms in total. The Hall–Kier alpha value is -2.04. The van der Waals surface area contributed by atoms with E-state index in [0.717, 1.165) is 50.7 Å². The van der Waals surface area contributed by atoms with Crippen molar-refractivity contribution in [2.75, 3.05) is 47.4 Å². The summed E-state index contributed by atoms with van der Waals surface area (Å²) in [6, 6.07) is 15.1. The first-order valence-electron chi connectivity index (χ1n) is 10.4. The van der Waals surface area contributed by atoms with Crippen molar-refractivity contribution in [3.05, 3.63) is 59.2 Å². The molecule has 0 radical (unpaired) electrons. The lowest BCUT2D eigenvalue weighted by Crippen LogP contribution is -2.31. The monoisotopic (exact) mass is 382 g/mol. The van der Waals surface area contributed by atoms with Gasteiger partial charge in [-0.25, -0.2) is 0 Å². The normalized spacial score (nSPS) is 16.8. The zero-order chi connectivity index (χ0) is 19.9. The fraction of sp³-hybridized carbons (Fsp3) is 0.500. The van der Waals surface area contributed by atoms with Crippen LogP contribution in [0.25, 0.3) is 0 Å². The second kappa shape index (κ2) is 9.94. The molecule has 1 aliphatic rings. The van der Waals surface area contributed by atoms with Gasteiger partial charge in [0.25, 0.3) is 0 Å². The molecule has 0 N–H and O–H groups in total. The molecule has 1 heterocycles. The molecule has 0 bridgehead atoms. The van der Waals surface area contributed by atoms with E-state index in [-0.39, 0.29) is 0 Å². The summed E-state index contributed by atoms with van der Waals surface area (Å²) in [6.45, 7) is 7.22. The topological polar surface area (TPSA) is 24.9 Å². The maximum absolute atomic E-state index is 6.05. The van der Waals surface area contributed by atoms with Gasteiger partial charge in [0, 0.05) is 25.6 Å². The number of rotatable bonds is 9. The zero-order valence-corrected chi connectivity index (χ0v) is 17.8. The number of fused-ring (bicyclic) bond motifs is 1. The lowest BCUT2D eigenvalue weighted by atomic mass is 9.84. The van der Waals surface area contributed by atoms with E-state index in [4.69, 9.17) is 9.47 Å². The Balaban J connectivity index is 1.67. The smallest absolute Gasteiger partial charge is 0.119 e. The highest BCUT2D eigenvalue weighted by Gasteiger charge is 2.25. The van der Waals surface area contributed by atoms with Gasteiger partial charge >= 0.3 is 0 Å². The lowest BCUT2D eigenvalue weighted by Gasteiger charge is -2.33. The molecule has 2 aromatic rings. The second-order valence-electron chi connectivity index (χ2n) is 7.89. The Bertz CT molecular complexity index is 745. The van der Waals surface area contributed by atoms with Gasteiger partial charge < -0.3 is 19.3 Å². The Morgan fingerprint density at radius 1 is 1.07 bits per heavy atom. The van der Waals surface area contributed by atoms with Crippen LogP contribution in [-0.4, -0.2) is 57.2 Å². The van der Waals surface area contributed by atoms with Crippen LogP contribution in [-0.2, 0) is 6.54 Å². The standard InChI is InChI=1S/C24H34N2O2/c1-5-13-25(2)14-6-15-28-22-11-12-23-20(16-22)17-26(3)18-24(23)19-7-9-21(27-4)10-8-19/h7-12,16,24H,5-6,13-15,17-18H2,1-4H3. The molecule has 1 unspecified atom stereocenters. The van der Waals surface area contributed by atoms with Crippen molar-refractivity contribution < 1.29 is 9.47 Å². The number of methoxy groups -OCH3 is 1. The van der Waals surface area contributed by atoms with E-state index in [1.165, 1.54) is 23.1 Å². The summed E-state index contributed by atoms with van der Waals surface area (Å²) in [4.78, 5) is 4.76. The first kappa shape index (κ1) is 20.7. The maximum Gasteiger partial charge on any atom is 0.119 e. The molecule has 3 rings (SSSR count). The van der Waals surface area contributed by atoms with Crippen LogP contribution in [0.4, 0.5) is 0 Å². The van der Waals surface area contributed by atoms with E-state index in [2.05, 4.69) is 73.3 Å². The third kappa shape index (κ3) is 5.27. The van der Waals surface area contributed by atoms with Crippen LogP contribution in [0, 0.1) is 0 Å². The first-order chi connectivity index (χ1) is 13.6. The van der Waals surface area contributed by atoms with Gasteiger partial charge in [-0.1, -0.05) is 25.1 Å². The summed E-state index contributed by atoms with van der Waals surface area (Å²) in [5.41, 5.74) is 4.12. The summed E-state index contributed by atoms with van der Waals surface area (Å²) in [5.74, 6) is 2.28. The van der Waals surface area contributed by atoms with Crippen LogP contribution >= 0.6 is 0 Å². The fourth-order valence-corrected chi connectivity index (χ4v) is 4.05. The van der Waals surface area contributed by atoms with Gasteiger partial charge in [-0.3, -0.25) is 0 Å². The average Bonchev–Trinajstić information content (AvgIpc) is 2.70. The molecule has 0 aliphatic carbocycles. The van der Waals surface area contributed by atoms with Crippen molar-refractivity contribution in [3.63, 3.8) is 0 Å². The summed E-state index contributed by atoms with van der Waals surface area (Å²) in [5, 5.41) is 0. The van der Waals surface area contributed by atoms with E-state index in [0.29, 0.717) is 5.92 Å².